The quantitative estimate of drug-likeness (QED) is 0.143. The minimum Gasteiger partial charge on any atom is -0.340 e. The summed E-state index contributed by atoms with van der Waals surface area (Å²) in [5.41, 5.74) is 4.15. The molecule has 6 aromatic rings. The van der Waals surface area contributed by atoms with Crippen molar-refractivity contribution in [2.24, 2.45) is 5.41 Å². The first-order valence-electron chi connectivity index (χ1n) is 18.0. The Morgan fingerprint density at radius 2 is 1.34 bits per heavy atom. The van der Waals surface area contributed by atoms with E-state index in [0.717, 1.165) is 64.4 Å². The van der Waals surface area contributed by atoms with Gasteiger partial charge in [-0.3, -0.25) is 4.98 Å². The van der Waals surface area contributed by atoms with Gasteiger partial charge in [-0.05, 0) is 57.7 Å². The van der Waals surface area contributed by atoms with Gasteiger partial charge in [-0.2, -0.15) is 13.2 Å². The van der Waals surface area contributed by atoms with Gasteiger partial charge in [-0.15, -0.1) is 71.8 Å². The number of para-hydroxylation sites is 1. The zero-order chi connectivity index (χ0) is 38.8. The Hall–Kier alpha value is -4.32. The van der Waals surface area contributed by atoms with E-state index in [1.54, 1.807) is 36.7 Å². The van der Waals surface area contributed by atoms with Crippen molar-refractivity contribution in [3.63, 3.8) is 0 Å². The molecular weight excluding hydrogens is 808 g/mol. The van der Waals surface area contributed by atoms with Crippen LogP contribution in [0.1, 0.15) is 75.5 Å². The molecule has 7 heteroatoms. The van der Waals surface area contributed by atoms with Gasteiger partial charge in [0.15, 0.2) is 0 Å². The number of benzene rings is 4. The predicted octanol–water partition coefficient (Wildman–Crippen LogP) is 11.9. The van der Waals surface area contributed by atoms with Gasteiger partial charge in [-0.1, -0.05) is 90.1 Å². The molecule has 0 aliphatic heterocycles. The van der Waals surface area contributed by atoms with Crippen molar-refractivity contribution < 1.29 is 38.8 Å². The van der Waals surface area contributed by atoms with E-state index in [-0.39, 0.29) is 25.7 Å². The van der Waals surface area contributed by atoms with Crippen LogP contribution in [0.3, 0.4) is 0 Å². The standard InChI is InChI=1S/C22H19F3N.C21H23N2.Ir/c1-21(2,22(23,24)25)15-16-8-10-17(11-9-16)19-12-13-26-20(14-19)18-6-4-3-5-7-18;1-15(2)18-11-8-12-19(16(3)4)20(18)23-14-13-22-21(23)17-9-6-5-7-10-17;/h3-6,8-14H,15H2,1-2H3;5-9,11-16H,1-4H3;/q2*-1;/i15D2;15D,16D;. The predicted molar refractivity (Wildman–Crippen MR) is 193 cm³/mol. The number of hydrogen-bond acceptors (Lipinski definition) is 2. The monoisotopic (exact) mass is 854 g/mol. The van der Waals surface area contributed by atoms with Crippen LogP contribution in [0, 0.1) is 17.5 Å². The minimum atomic E-state index is -4.67. The Balaban J connectivity index is 0.000000238. The number of halogens is 3. The Kier molecular flexibility index (Phi) is 10.9. The smallest absolute Gasteiger partial charge is 0.340 e. The van der Waals surface area contributed by atoms with E-state index in [1.165, 1.54) is 12.1 Å². The molecule has 0 saturated carbocycles. The first-order chi connectivity index (χ1) is 24.7. The van der Waals surface area contributed by atoms with Crippen molar-refractivity contribution in [1.82, 2.24) is 14.5 Å². The van der Waals surface area contributed by atoms with E-state index in [2.05, 4.69) is 22.1 Å². The maximum atomic E-state index is 13.3. The molecule has 0 amide bonds. The Bertz CT molecular complexity index is 2110. The van der Waals surface area contributed by atoms with Crippen molar-refractivity contribution in [2.45, 2.75) is 65.9 Å². The molecule has 6 rings (SSSR count). The SMILES string of the molecule is [2H]C(C)(C)c1cccc(C([2H])(C)C)c1-n1ccnc1-c1[c-]cccc1.[2H]C([2H])(c1ccc(-c2ccnc(-c3[c-]cccc3)c2)cc1)C(C)(C)C(F)(F)F.[Ir]. The average molecular weight is 854 g/mol. The first-order valence-corrected chi connectivity index (χ1v) is 16.0. The van der Waals surface area contributed by atoms with E-state index in [9.17, 15) is 13.2 Å². The second kappa shape index (κ2) is 16.6. The molecule has 2 aromatic heterocycles. The van der Waals surface area contributed by atoms with Crippen LogP contribution in [0.2, 0.25) is 0 Å². The first kappa shape index (κ1) is 32.9. The van der Waals surface area contributed by atoms with Crippen LogP contribution in [-0.4, -0.2) is 20.7 Å². The van der Waals surface area contributed by atoms with Gasteiger partial charge >= 0.3 is 6.18 Å². The number of imidazole rings is 1. The summed E-state index contributed by atoms with van der Waals surface area (Å²) >= 11 is 0. The Labute approximate surface area is 313 Å². The molecule has 0 aliphatic rings. The maximum absolute atomic E-state index is 13.3. The molecule has 0 unspecified atom stereocenters. The molecule has 50 heavy (non-hydrogen) atoms. The fourth-order valence-corrected chi connectivity index (χ4v) is 5.31. The minimum absolute atomic E-state index is 0. The van der Waals surface area contributed by atoms with Crippen LogP contribution in [0.5, 0.6) is 0 Å². The molecule has 1 radical (unpaired) electrons. The van der Waals surface area contributed by atoms with Crippen LogP contribution in [0.25, 0.3) is 39.5 Å². The summed E-state index contributed by atoms with van der Waals surface area (Å²) in [7, 11) is 0. The molecule has 0 bridgehead atoms. The van der Waals surface area contributed by atoms with Crippen molar-refractivity contribution in [1.29, 1.82) is 0 Å². The summed E-state index contributed by atoms with van der Waals surface area (Å²) < 4.78 is 75.3. The second-order valence-electron chi connectivity index (χ2n) is 12.6. The molecule has 0 fully saturated rings. The average Bonchev–Trinajstić information content (AvgIpc) is 3.61. The third kappa shape index (κ3) is 9.07. The number of hydrogen-bond donors (Lipinski definition) is 0. The van der Waals surface area contributed by atoms with Crippen LogP contribution in [-0.2, 0) is 26.5 Å². The third-order valence-corrected chi connectivity index (χ3v) is 8.07. The fourth-order valence-electron chi connectivity index (χ4n) is 5.31. The second-order valence-corrected chi connectivity index (χ2v) is 12.6. The summed E-state index contributed by atoms with van der Waals surface area (Å²) in [6.07, 6.45) is -1.92. The summed E-state index contributed by atoms with van der Waals surface area (Å²) in [5, 5.41) is 0. The Morgan fingerprint density at radius 3 is 1.88 bits per heavy atom. The van der Waals surface area contributed by atoms with Crippen molar-refractivity contribution in [3.05, 3.63) is 151 Å². The number of pyridine rings is 1. The largest absolute Gasteiger partial charge is 0.394 e. The molecule has 0 N–H and O–H groups in total. The van der Waals surface area contributed by atoms with Crippen LogP contribution >= 0.6 is 0 Å². The summed E-state index contributed by atoms with van der Waals surface area (Å²) in [5.74, 6) is -0.820. The number of nitrogens with zero attached hydrogens (tertiary/aromatic N) is 3. The van der Waals surface area contributed by atoms with E-state index in [1.807, 2.05) is 105 Å². The molecule has 0 saturated heterocycles. The number of aromatic nitrogens is 3. The fraction of sp³-hybridized carbons (Fsp3) is 0.256. The van der Waals surface area contributed by atoms with Gasteiger partial charge in [0.05, 0.1) is 11.2 Å². The summed E-state index contributed by atoms with van der Waals surface area (Å²) in [6.45, 7) is 9.25. The van der Waals surface area contributed by atoms with Crippen LogP contribution < -0.4 is 0 Å². The normalized spacial score (nSPS) is 13.5. The molecule has 2 heterocycles. The number of rotatable bonds is 8. The van der Waals surface area contributed by atoms with Gasteiger partial charge in [-0.25, -0.2) is 0 Å². The van der Waals surface area contributed by atoms with Gasteiger partial charge in [0, 0.05) is 49.9 Å². The Morgan fingerprint density at radius 1 is 0.740 bits per heavy atom. The van der Waals surface area contributed by atoms with E-state index in [0.29, 0.717) is 0 Å². The van der Waals surface area contributed by atoms with Gasteiger partial charge in [0.1, 0.15) is 0 Å². The van der Waals surface area contributed by atoms with Crippen LogP contribution in [0.15, 0.2) is 122 Å². The molecule has 4 aromatic carbocycles. The van der Waals surface area contributed by atoms with Gasteiger partial charge in [0.2, 0.25) is 0 Å². The topological polar surface area (TPSA) is 30.7 Å². The third-order valence-electron chi connectivity index (χ3n) is 8.07. The molecule has 0 atom stereocenters. The maximum Gasteiger partial charge on any atom is 0.394 e. The molecule has 0 aliphatic carbocycles. The van der Waals surface area contributed by atoms with E-state index in [4.69, 9.17) is 5.48 Å². The van der Waals surface area contributed by atoms with Crippen LogP contribution in [0.4, 0.5) is 13.2 Å². The van der Waals surface area contributed by atoms with Crippen molar-refractivity contribution in [3.8, 4) is 39.5 Å². The zero-order valence-corrected chi connectivity index (χ0v) is 31.3. The zero-order valence-electron chi connectivity index (χ0n) is 32.9. The van der Waals surface area contributed by atoms with Crippen molar-refractivity contribution in [2.75, 3.05) is 0 Å². The molecule has 3 nitrogen and oxygen atoms in total. The molecule has 0 spiro atoms. The van der Waals surface area contributed by atoms with Gasteiger partial charge in [0.25, 0.3) is 0 Å². The van der Waals surface area contributed by atoms with Crippen molar-refractivity contribution >= 4 is 0 Å². The van der Waals surface area contributed by atoms with E-state index < -0.39 is 29.8 Å². The van der Waals surface area contributed by atoms with Gasteiger partial charge < -0.3 is 9.55 Å². The van der Waals surface area contributed by atoms with E-state index >= 15 is 0 Å². The summed E-state index contributed by atoms with van der Waals surface area (Å²) in [4.78, 5) is 8.85. The summed E-state index contributed by atoms with van der Waals surface area (Å²) in [6, 6.07) is 37.1. The molecule has 261 valence electrons. The molecular formula is C43H42F3IrN3-2. The number of alkyl halides is 3.